The molecule has 0 spiro atoms. The van der Waals surface area contributed by atoms with Crippen LogP contribution in [0.15, 0.2) is 66.7 Å². The van der Waals surface area contributed by atoms with E-state index < -0.39 is 17.7 Å². The molecule has 0 atom stereocenters. The zero-order valence-corrected chi connectivity index (χ0v) is 21.7. The lowest BCUT2D eigenvalue weighted by Gasteiger charge is -2.27. The number of aliphatic hydroxyl groups excluding tert-OH is 1. The number of primary amides is 1. The van der Waals surface area contributed by atoms with Gasteiger partial charge in [0.2, 0.25) is 5.95 Å². The fraction of sp³-hybridized carbons (Fsp3) is 0.233. The predicted molar refractivity (Wildman–Crippen MR) is 148 cm³/mol. The molecule has 1 fully saturated rings. The van der Waals surface area contributed by atoms with Crippen molar-refractivity contribution in [3.8, 4) is 5.69 Å². The molecule has 3 aromatic carbocycles. The van der Waals surface area contributed by atoms with Crippen LogP contribution in [0.2, 0.25) is 0 Å². The fourth-order valence-corrected chi connectivity index (χ4v) is 5.00. The first kappa shape index (κ1) is 27.1. The summed E-state index contributed by atoms with van der Waals surface area (Å²) in [6.45, 7) is 1.77. The Morgan fingerprint density at radius 2 is 1.73 bits per heavy atom. The van der Waals surface area contributed by atoms with E-state index in [1.165, 1.54) is 6.07 Å². The standard InChI is InChI=1S/C21H23FN4O2.C9H5F2N/c1-12-20-17(22)3-2-4-19(20)26(25-12)14-7-10-16(21(23)28)18(11-14)24-13-5-8-15(27)9-6-13;10-7-5-6-3-1-2-4-8(6)12-9(7)11/h2-4,7,10-11,13,15,24,27H,5-6,8-9H2,1H3,(H2,23,28);1-5H. The topological polar surface area (TPSA) is 106 Å². The molecule has 2 aromatic heterocycles. The van der Waals surface area contributed by atoms with E-state index in [4.69, 9.17) is 5.73 Å². The summed E-state index contributed by atoms with van der Waals surface area (Å²) in [6.07, 6.45) is 2.84. The lowest BCUT2D eigenvalue weighted by Crippen LogP contribution is -2.29. The molecule has 0 bridgehead atoms. The molecule has 7 nitrogen and oxygen atoms in total. The smallest absolute Gasteiger partial charge is 0.250 e. The minimum absolute atomic E-state index is 0.158. The molecule has 0 saturated heterocycles. The Labute approximate surface area is 228 Å². The van der Waals surface area contributed by atoms with Gasteiger partial charge < -0.3 is 16.2 Å². The highest BCUT2D eigenvalue weighted by atomic mass is 19.2. The first-order chi connectivity index (χ1) is 19.2. The van der Waals surface area contributed by atoms with Crippen LogP contribution in [0.25, 0.3) is 27.5 Å². The Hall–Kier alpha value is -4.44. The number of nitrogens with one attached hydrogen (secondary N) is 1. The predicted octanol–water partition coefficient (Wildman–Crippen LogP) is 5.80. The Balaban J connectivity index is 0.000000223. The van der Waals surface area contributed by atoms with Gasteiger partial charge in [-0.1, -0.05) is 24.3 Å². The molecule has 0 unspecified atom stereocenters. The Bertz CT molecular complexity index is 1660. The van der Waals surface area contributed by atoms with E-state index in [0.717, 1.165) is 31.7 Å². The van der Waals surface area contributed by atoms with Crippen molar-refractivity contribution in [2.45, 2.75) is 44.8 Å². The molecule has 206 valence electrons. The van der Waals surface area contributed by atoms with E-state index in [1.54, 1.807) is 54.1 Å². The number of carbonyl (C=O) groups is 1. The molecule has 6 rings (SSSR count). The van der Waals surface area contributed by atoms with Crippen molar-refractivity contribution in [2.24, 2.45) is 5.73 Å². The van der Waals surface area contributed by atoms with Gasteiger partial charge in [-0.2, -0.15) is 9.49 Å². The van der Waals surface area contributed by atoms with Crippen LogP contribution < -0.4 is 11.1 Å². The molecule has 10 heteroatoms. The van der Waals surface area contributed by atoms with Gasteiger partial charge >= 0.3 is 0 Å². The highest BCUT2D eigenvalue weighted by Crippen LogP contribution is 2.29. The Kier molecular flexibility index (Phi) is 7.70. The van der Waals surface area contributed by atoms with Crippen molar-refractivity contribution in [1.82, 2.24) is 14.8 Å². The van der Waals surface area contributed by atoms with Gasteiger partial charge in [-0.25, -0.2) is 18.4 Å². The maximum absolute atomic E-state index is 14.2. The van der Waals surface area contributed by atoms with Gasteiger partial charge in [0.15, 0.2) is 5.82 Å². The number of nitrogens with zero attached hydrogens (tertiary/aromatic N) is 3. The highest BCUT2D eigenvalue weighted by Gasteiger charge is 2.21. The number of carbonyl (C=O) groups excluding carboxylic acids is 1. The number of amides is 1. The second-order valence-electron chi connectivity index (χ2n) is 9.83. The van der Waals surface area contributed by atoms with Crippen LogP contribution in [0.3, 0.4) is 0 Å². The van der Waals surface area contributed by atoms with Crippen LogP contribution in [0.4, 0.5) is 18.9 Å². The summed E-state index contributed by atoms with van der Waals surface area (Å²) in [4.78, 5) is 15.3. The number of halogens is 3. The number of aryl methyl sites for hydroxylation is 1. The van der Waals surface area contributed by atoms with Gasteiger partial charge in [-0.15, -0.1) is 0 Å². The van der Waals surface area contributed by atoms with Gasteiger partial charge in [0.05, 0.1) is 39.5 Å². The van der Waals surface area contributed by atoms with E-state index in [1.807, 2.05) is 12.1 Å². The number of hydrogen-bond acceptors (Lipinski definition) is 5. The molecule has 1 aliphatic rings. The van der Waals surface area contributed by atoms with E-state index in [0.29, 0.717) is 44.4 Å². The quantitative estimate of drug-likeness (QED) is 0.247. The SMILES string of the molecule is Cc1nn(-c2ccc(C(N)=O)c(NC3CCC(O)CC3)c2)c2cccc(F)c12.Fc1cc2ccccc2nc1F. The van der Waals surface area contributed by atoms with Crippen LogP contribution >= 0.6 is 0 Å². The molecule has 2 heterocycles. The minimum Gasteiger partial charge on any atom is -0.393 e. The van der Waals surface area contributed by atoms with Gasteiger partial charge in [0, 0.05) is 17.1 Å². The maximum Gasteiger partial charge on any atom is 0.250 e. The summed E-state index contributed by atoms with van der Waals surface area (Å²) in [5.74, 6) is -2.78. The normalized spacial score (nSPS) is 16.9. The average Bonchev–Trinajstić information content (AvgIpc) is 3.28. The molecule has 40 heavy (non-hydrogen) atoms. The number of aliphatic hydroxyl groups is 1. The summed E-state index contributed by atoms with van der Waals surface area (Å²) in [7, 11) is 0. The summed E-state index contributed by atoms with van der Waals surface area (Å²) < 4.78 is 41.1. The van der Waals surface area contributed by atoms with E-state index in [9.17, 15) is 23.1 Å². The third-order valence-electron chi connectivity index (χ3n) is 7.04. The van der Waals surface area contributed by atoms with Crippen LogP contribution in [0.1, 0.15) is 41.7 Å². The van der Waals surface area contributed by atoms with Crippen molar-refractivity contribution >= 4 is 33.4 Å². The summed E-state index contributed by atoms with van der Waals surface area (Å²) in [5.41, 5.74) is 9.03. The van der Waals surface area contributed by atoms with Crippen molar-refractivity contribution in [3.05, 3.63) is 95.6 Å². The van der Waals surface area contributed by atoms with Crippen LogP contribution in [-0.2, 0) is 0 Å². The second-order valence-corrected chi connectivity index (χ2v) is 9.83. The van der Waals surface area contributed by atoms with Crippen LogP contribution in [0, 0.1) is 24.5 Å². The number of anilines is 1. The number of aromatic nitrogens is 3. The van der Waals surface area contributed by atoms with Crippen molar-refractivity contribution in [1.29, 1.82) is 0 Å². The lowest BCUT2D eigenvalue weighted by molar-refractivity contribution is 0.100. The lowest BCUT2D eigenvalue weighted by atomic mass is 9.92. The molecular weight excluding hydrogens is 519 g/mol. The Morgan fingerprint density at radius 3 is 2.48 bits per heavy atom. The number of rotatable bonds is 4. The average molecular weight is 548 g/mol. The number of benzene rings is 3. The number of pyridine rings is 1. The number of fused-ring (bicyclic) bond motifs is 2. The molecular formula is C30H28F3N5O2. The second kappa shape index (κ2) is 11.4. The third-order valence-corrected chi connectivity index (χ3v) is 7.04. The van der Waals surface area contributed by atoms with Crippen molar-refractivity contribution in [3.63, 3.8) is 0 Å². The summed E-state index contributed by atoms with van der Waals surface area (Å²) >= 11 is 0. The number of hydrogen-bond donors (Lipinski definition) is 3. The van der Waals surface area contributed by atoms with E-state index in [-0.39, 0.29) is 18.0 Å². The number of para-hydroxylation sites is 1. The Morgan fingerprint density at radius 1 is 0.975 bits per heavy atom. The van der Waals surface area contributed by atoms with Gasteiger partial charge in [0.1, 0.15) is 5.82 Å². The zero-order chi connectivity index (χ0) is 28.4. The molecule has 1 aliphatic carbocycles. The first-order valence-corrected chi connectivity index (χ1v) is 12.9. The van der Waals surface area contributed by atoms with Crippen molar-refractivity contribution in [2.75, 3.05) is 5.32 Å². The van der Waals surface area contributed by atoms with Crippen molar-refractivity contribution < 1.29 is 23.1 Å². The van der Waals surface area contributed by atoms with Gasteiger partial charge in [-0.05, 0) is 75.1 Å². The number of nitrogens with two attached hydrogens (primary N) is 1. The summed E-state index contributed by atoms with van der Waals surface area (Å²) in [5, 5.41) is 18.7. The molecule has 0 aliphatic heterocycles. The molecule has 1 amide bonds. The van der Waals surface area contributed by atoms with Gasteiger partial charge in [0.25, 0.3) is 5.91 Å². The van der Waals surface area contributed by atoms with E-state index in [2.05, 4.69) is 15.4 Å². The van der Waals surface area contributed by atoms with Crippen LogP contribution in [0.5, 0.6) is 0 Å². The first-order valence-electron chi connectivity index (χ1n) is 12.9. The van der Waals surface area contributed by atoms with Crippen LogP contribution in [-0.4, -0.2) is 37.9 Å². The fourth-order valence-electron chi connectivity index (χ4n) is 5.00. The molecule has 0 radical (unpaired) electrons. The molecule has 4 N–H and O–H groups in total. The summed E-state index contributed by atoms with van der Waals surface area (Å²) in [6, 6.07) is 18.2. The molecule has 1 saturated carbocycles. The zero-order valence-electron chi connectivity index (χ0n) is 21.7. The highest BCUT2D eigenvalue weighted by molar-refractivity contribution is 5.99. The third kappa shape index (κ3) is 5.62. The minimum atomic E-state index is -1.05. The van der Waals surface area contributed by atoms with E-state index >= 15 is 0 Å². The largest absolute Gasteiger partial charge is 0.393 e. The van der Waals surface area contributed by atoms with Gasteiger partial charge in [-0.3, -0.25) is 4.79 Å². The maximum atomic E-state index is 14.2. The monoisotopic (exact) mass is 547 g/mol. The molecule has 5 aromatic rings.